The number of rotatable bonds is 4. The molecule has 1 fully saturated rings. The lowest BCUT2D eigenvalue weighted by Crippen LogP contribution is -2.32. The Kier molecular flexibility index (Phi) is 4.20. The highest BCUT2D eigenvalue weighted by Crippen LogP contribution is 2.17. The minimum absolute atomic E-state index is 0.0888. The molecule has 0 spiro atoms. The number of aromatic nitrogens is 2. The lowest BCUT2D eigenvalue weighted by atomic mass is 10.2. The molecule has 5 nitrogen and oxygen atoms in total. The van der Waals surface area contributed by atoms with E-state index in [2.05, 4.69) is 10.4 Å². The standard InChI is InChI=1S/C16H18FN3O2/c1-11-13(16(21)18-9-12-5-4-8-22-12)10-19-20(11)15-7-3-2-6-14(15)17/h2-3,6-7,10,12H,4-5,8-9H2,1H3,(H,18,21). The number of hydrogen-bond donors (Lipinski definition) is 1. The Morgan fingerprint density at radius 1 is 1.50 bits per heavy atom. The van der Waals surface area contributed by atoms with Crippen LogP contribution in [0.2, 0.25) is 0 Å². The average molecular weight is 303 g/mol. The zero-order chi connectivity index (χ0) is 15.5. The third-order valence-corrected chi connectivity index (χ3v) is 3.85. The van der Waals surface area contributed by atoms with Crippen LogP contribution in [0.4, 0.5) is 4.39 Å². The predicted octanol–water partition coefficient (Wildman–Crippen LogP) is 2.23. The quantitative estimate of drug-likeness (QED) is 0.942. The molecule has 116 valence electrons. The van der Waals surface area contributed by atoms with E-state index in [1.165, 1.54) is 16.9 Å². The van der Waals surface area contributed by atoms with Crippen LogP contribution in [0.25, 0.3) is 5.69 Å². The Morgan fingerprint density at radius 2 is 2.32 bits per heavy atom. The van der Waals surface area contributed by atoms with Crippen LogP contribution in [-0.4, -0.2) is 34.9 Å². The normalized spacial score (nSPS) is 17.6. The summed E-state index contributed by atoms with van der Waals surface area (Å²) in [7, 11) is 0. The van der Waals surface area contributed by atoms with Gasteiger partial charge in [-0.15, -0.1) is 0 Å². The highest BCUT2D eigenvalue weighted by molar-refractivity contribution is 5.95. The van der Waals surface area contributed by atoms with Crippen LogP contribution in [0.3, 0.4) is 0 Å². The SMILES string of the molecule is Cc1c(C(=O)NCC2CCCO2)cnn1-c1ccccc1F. The molecular formula is C16H18FN3O2. The third-order valence-electron chi connectivity index (χ3n) is 3.85. The van der Waals surface area contributed by atoms with Crippen molar-refractivity contribution >= 4 is 5.91 Å². The summed E-state index contributed by atoms with van der Waals surface area (Å²) in [6, 6.07) is 6.35. The lowest BCUT2D eigenvalue weighted by molar-refractivity contribution is 0.0857. The number of hydrogen-bond acceptors (Lipinski definition) is 3. The van der Waals surface area contributed by atoms with Crippen LogP contribution in [0.5, 0.6) is 0 Å². The first kappa shape index (κ1) is 14.7. The number of para-hydroxylation sites is 1. The van der Waals surface area contributed by atoms with Crippen molar-refractivity contribution in [3.63, 3.8) is 0 Å². The smallest absolute Gasteiger partial charge is 0.254 e. The molecule has 1 aliphatic heterocycles. The third kappa shape index (κ3) is 2.87. The molecule has 0 radical (unpaired) electrons. The van der Waals surface area contributed by atoms with Crippen LogP contribution < -0.4 is 5.32 Å². The molecule has 1 amide bonds. The molecule has 0 bridgehead atoms. The molecule has 1 aromatic heterocycles. The van der Waals surface area contributed by atoms with E-state index in [0.717, 1.165) is 19.4 Å². The number of carbonyl (C=O) groups excluding carboxylic acids is 1. The van der Waals surface area contributed by atoms with Crippen molar-refractivity contribution in [1.29, 1.82) is 0 Å². The van der Waals surface area contributed by atoms with Crippen molar-refractivity contribution in [3.8, 4) is 5.69 Å². The Hall–Kier alpha value is -2.21. The molecule has 0 saturated carbocycles. The van der Waals surface area contributed by atoms with Gasteiger partial charge in [-0.25, -0.2) is 9.07 Å². The monoisotopic (exact) mass is 303 g/mol. The van der Waals surface area contributed by atoms with Crippen LogP contribution in [-0.2, 0) is 4.74 Å². The molecule has 1 aliphatic rings. The van der Waals surface area contributed by atoms with Gasteiger partial charge >= 0.3 is 0 Å². The maximum Gasteiger partial charge on any atom is 0.254 e. The molecule has 22 heavy (non-hydrogen) atoms. The van der Waals surface area contributed by atoms with Crippen molar-refractivity contribution in [1.82, 2.24) is 15.1 Å². The van der Waals surface area contributed by atoms with E-state index in [4.69, 9.17) is 4.74 Å². The topological polar surface area (TPSA) is 56.1 Å². The van der Waals surface area contributed by atoms with E-state index in [9.17, 15) is 9.18 Å². The maximum absolute atomic E-state index is 13.8. The minimum Gasteiger partial charge on any atom is -0.376 e. The predicted molar refractivity (Wildman–Crippen MR) is 79.6 cm³/mol. The molecule has 6 heteroatoms. The van der Waals surface area contributed by atoms with Crippen molar-refractivity contribution in [2.24, 2.45) is 0 Å². The fourth-order valence-corrected chi connectivity index (χ4v) is 2.61. The van der Waals surface area contributed by atoms with Gasteiger partial charge < -0.3 is 10.1 Å². The highest BCUT2D eigenvalue weighted by atomic mass is 19.1. The number of halogens is 1. The second-order valence-corrected chi connectivity index (χ2v) is 5.35. The molecule has 1 N–H and O–H groups in total. The molecule has 1 aromatic carbocycles. The van der Waals surface area contributed by atoms with E-state index >= 15 is 0 Å². The van der Waals surface area contributed by atoms with Gasteiger partial charge in [-0.05, 0) is 31.9 Å². The highest BCUT2D eigenvalue weighted by Gasteiger charge is 2.20. The molecular weight excluding hydrogens is 285 g/mol. The Bertz CT molecular complexity index is 678. The van der Waals surface area contributed by atoms with Gasteiger partial charge in [0, 0.05) is 13.2 Å². The van der Waals surface area contributed by atoms with Crippen LogP contribution in [0.1, 0.15) is 28.9 Å². The van der Waals surface area contributed by atoms with E-state index < -0.39 is 0 Å². The van der Waals surface area contributed by atoms with Crippen LogP contribution in [0.15, 0.2) is 30.5 Å². The first-order chi connectivity index (χ1) is 10.7. The summed E-state index contributed by atoms with van der Waals surface area (Å²) in [5.74, 6) is -0.587. The largest absolute Gasteiger partial charge is 0.376 e. The van der Waals surface area contributed by atoms with Crippen molar-refractivity contribution in [2.45, 2.75) is 25.9 Å². The summed E-state index contributed by atoms with van der Waals surface area (Å²) >= 11 is 0. The fourth-order valence-electron chi connectivity index (χ4n) is 2.61. The molecule has 0 aliphatic carbocycles. The fraction of sp³-hybridized carbons (Fsp3) is 0.375. The van der Waals surface area contributed by atoms with Gasteiger partial charge in [0.15, 0.2) is 0 Å². The van der Waals surface area contributed by atoms with Gasteiger partial charge in [0.05, 0.1) is 23.6 Å². The summed E-state index contributed by atoms with van der Waals surface area (Å²) in [6.45, 7) is 2.99. The van der Waals surface area contributed by atoms with E-state index in [0.29, 0.717) is 23.5 Å². The Morgan fingerprint density at radius 3 is 3.05 bits per heavy atom. The molecule has 1 unspecified atom stereocenters. The second kappa shape index (κ2) is 6.27. The van der Waals surface area contributed by atoms with E-state index in [1.807, 2.05) is 0 Å². The van der Waals surface area contributed by atoms with Gasteiger partial charge in [-0.2, -0.15) is 5.10 Å². The summed E-state index contributed by atoms with van der Waals surface area (Å²) in [4.78, 5) is 12.2. The summed E-state index contributed by atoms with van der Waals surface area (Å²) in [5.41, 5.74) is 1.38. The number of nitrogens with one attached hydrogen (secondary N) is 1. The van der Waals surface area contributed by atoms with Gasteiger partial charge in [-0.3, -0.25) is 4.79 Å². The number of ether oxygens (including phenoxy) is 1. The van der Waals surface area contributed by atoms with Crippen molar-refractivity contribution < 1.29 is 13.9 Å². The number of nitrogens with zero attached hydrogens (tertiary/aromatic N) is 2. The Balaban J connectivity index is 1.75. The maximum atomic E-state index is 13.8. The van der Waals surface area contributed by atoms with E-state index in [-0.39, 0.29) is 17.8 Å². The number of carbonyl (C=O) groups is 1. The van der Waals surface area contributed by atoms with Gasteiger partial charge in [0.1, 0.15) is 11.5 Å². The van der Waals surface area contributed by atoms with Crippen LogP contribution >= 0.6 is 0 Å². The number of amides is 1. The number of benzene rings is 1. The minimum atomic E-state index is -0.375. The lowest BCUT2D eigenvalue weighted by Gasteiger charge is -2.11. The molecule has 1 saturated heterocycles. The summed E-state index contributed by atoms with van der Waals surface area (Å²) in [6.07, 6.45) is 3.55. The van der Waals surface area contributed by atoms with Gasteiger partial charge in [0.25, 0.3) is 5.91 Å². The molecule has 3 rings (SSSR count). The first-order valence-electron chi connectivity index (χ1n) is 7.36. The van der Waals surface area contributed by atoms with Crippen LogP contribution in [0, 0.1) is 12.7 Å². The summed E-state index contributed by atoms with van der Waals surface area (Å²) in [5, 5.41) is 6.98. The summed E-state index contributed by atoms with van der Waals surface area (Å²) < 4.78 is 20.8. The second-order valence-electron chi connectivity index (χ2n) is 5.35. The van der Waals surface area contributed by atoms with E-state index in [1.54, 1.807) is 25.1 Å². The zero-order valence-corrected chi connectivity index (χ0v) is 12.4. The molecule has 2 heterocycles. The molecule has 2 aromatic rings. The average Bonchev–Trinajstić information content (AvgIpc) is 3.15. The van der Waals surface area contributed by atoms with Gasteiger partial charge in [0.2, 0.25) is 0 Å². The first-order valence-corrected chi connectivity index (χ1v) is 7.36. The van der Waals surface area contributed by atoms with Crippen molar-refractivity contribution in [2.75, 3.05) is 13.2 Å². The van der Waals surface area contributed by atoms with Gasteiger partial charge in [-0.1, -0.05) is 12.1 Å². The zero-order valence-electron chi connectivity index (χ0n) is 12.4. The van der Waals surface area contributed by atoms with Crippen molar-refractivity contribution in [3.05, 3.63) is 47.5 Å². The Labute approximate surface area is 128 Å². The molecule has 1 atom stereocenters.